The zero-order chi connectivity index (χ0) is 18.7. The molecule has 144 valence electrons. The predicted molar refractivity (Wildman–Crippen MR) is 107 cm³/mol. The van der Waals surface area contributed by atoms with Gasteiger partial charge in [-0.2, -0.15) is 0 Å². The molecule has 0 fully saturated rings. The van der Waals surface area contributed by atoms with Crippen LogP contribution in [-0.4, -0.2) is 48.4 Å². The third-order valence-electron chi connectivity index (χ3n) is 4.80. The summed E-state index contributed by atoms with van der Waals surface area (Å²) in [7, 11) is 3.28. The lowest BCUT2D eigenvalue weighted by molar-refractivity contribution is -0.0914. The molecular formula is C18H27N3O3S2. The summed E-state index contributed by atoms with van der Waals surface area (Å²) in [6.45, 7) is 7.64. The molecular weight excluding hydrogens is 370 g/mol. The smallest absolute Gasteiger partial charge is 0.190 e. The molecule has 1 N–H and O–H groups in total. The maximum absolute atomic E-state index is 6.12. The van der Waals surface area contributed by atoms with Gasteiger partial charge in [0.15, 0.2) is 11.4 Å². The van der Waals surface area contributed by atoms with Crippen molar-refractivity contribution in [3.05, 3.63) is 10.4 Å². The molecule has 0 amide bonds. The Balaban J connectivity index is 2.03. The Labute approximate surface area is 163 Å². The molecule has 26 heavy (non-hydrogen) atoms. The van der Waals surface area contributed by atoms with Gasteiger partial charge in [0, 0.05) is 25.5 Å². The van der Waals surface area contributed by atoms with Crippen LogP contribution in [0, 0.1) is 0 Å². The molecule has 0 radical (unpaired) electrons. The highest BCUT2D eigenvalue weighted by atomic mass is 32.2. The van der Waals surface area contributed by atoms with Gasteiger partial charge >= 0.3 is 0 Å². The maximum atomic E-state index is 6.12. The van der Waals surface area contributed by atoms with E-state index in [0.29, 0.717) is 13.2 Å². The van der Waals surface area contributed by atoms with E-state index in [1.54, 1.807) is 37.3 Å². The number of ether oxygens (including phenoxy) is 3. The fraction of sp³-hybridized carbons (Fsp3) is 0.667. The van der Waals surface area contributed by atoms with Crippen LogP contribution in [0.25, 0.3) is 10.2 Å². The maximum Gasteiger partial charge on any atom is 0.190 e. The minimum Gasteiger partial charge on any atom is -0.369 e. The lowest BCUT2D eigenvalue weighted by Crippen LogP contribution is -2.34. The second-order valence-corrected chi connectivity index (χ2v) is 8.84. The molecule has 2 aromatic rings. The molecule has 0 saturated carbocycles. The minimum absolute atomic E-state index is 0.128. The molecule has 8 heteroatoms. The fourth-order valence-electron chi connectivity index (χ4n) is 3.04. The van der Waals surface area contributed by atoms with Crippen LogP contribution in [0.15, 0.2) is 5.16 Å². The number of nitrogens with zero attached hydrogens (tertiary/aromatic N) is 2. The van der Waals surface area contributed by atoms with Gasteiger partial charge in [-0.05, 0) is 24.7 Å². The number of fused-ring (bicyclic) bond motifs is 3. The van der Waals surface area contributed by atoms with Crippen LogP contribution in [0.1, 0.15) is 37.6 Å². The summed E-state index contributed by atoms with van der Waals surface area (Å²) in [6.07, 6.45) is 1.54. The number of rotatable bonds is 8. The van der Waals surface area contributed by atoms with E-state index in [4.69, 9.17) is 24.2 Å². The van der Waals surface area contributed by atoms with E-state index < -0.39 is 0 Å². The number of aromatic nitrogens is 2. The van der Waals surface area contributed by atoms with Crippen LogP contribution < -0.4 is 5.32 Å². The summed E-state index contributed by atoms with van der Waals surface area (Å²) in [6, 6.07) is 0. The van der Waals surface area contributed by atoms with E-state index in [2.05, 4.69) is 26.1 Å². The monoisotopic (exact) mass is 397 g/mol. The Morgan fingerprint density at radius 1 is 1.31 bits per heavy atom. The lowest BCUT2D eigenvalue weighted by atomic mass is 9.90. The topological polar surface area (TPSA) is 65.5 Å². The second-order valence-electron chi connectivity index (χ2n) is 6.52. The van der Waals surface area contributed by atoms with Gasteiger partial charge in [-0.3, -0.25) is 0 Å². The molecule has 3 heterocycles. The van der Waals surface area contributed by atoms with Crippen LogP contribution in [-0.2, 0) is 27.2 Å². The summed E-state index contributed by atoms with van der Waals surface area (Å²) in [5.74, 6) is 1.80. The quantitative estimate of drug-likeness (QED) is 0.409. The van der Waals surface area contributed by atoms with Crippen LogP contribution in [0.2, 0.25) is 0 Å². The van der Waals surface area contributed by atoms with E-state index in [1.165, 1.54) is 10.4 Å². The number of anilines is 1. The van der Waals surface area contributed by atoms with Crippen molar-refractivity contribution in [3.8, 4) is 0 Å². The molecule has 2 aromatic heterocycles. The predicted octanol–water partition coefficient (Wildman–Crippen LogP) is 4.08. The average molecular weight is 398 g/mol. The SMILES string of the molecule is CCSc1nc(NCC(OC)OC)c2c3c(sc2n1)CO[C@](C)(CC)C3. The van der Waals surface area contributed by atoms with E-state index in [-0.39, 0.29) is 11.9 Å². The number of thiophene rings is 1. The van der Waals surface area contributed by atoms with Crippen molar-refractivity contribution in [1.82, 2.24) is 9.97 Å². The first-order chi connectivity index (χ1) is 12.5. The first-order valence-electron chi connectivity index (χ1n) is 8.92. The van der Waals surface area contributed by atoms with Gasteiger partial charge in [-0.1, -0.05) is 25.6 Å². The second kappa shape index (κ2) is 8.39. The van der Waals surface area contributed by atoms with Crippen molar-refractivity contribution < 1.29 is 14.2 Å². The lowest BCUT2D eigenvalue weighted by Gasteiger charge is -2.33. The van der Waals surface area contributed by atoms with Crippen molar-refractivity contribution in [2.75, 3.05) is 31.8 Å². The van der Waals surface area contributed by atoms with Gasteiger partial charge < -0.3 is 19.5 Å². The molecule has 0 aliphatic carbocycles. The van der Waals surface area contributed by atoms with Crippen molar-refractivity contribution in [1.29, 1.82) is 0 Å². The van der Waals surface area contributed by atoms with E-state index in [0.717, 1.165) is 39.8 Å². The Kier molecular flexibility index (Phi) is 6.40. The molecule has 1 atom stereocenters. The summed E-state index contributed by atoms with van der Waals surface area (Å²) in [4.78, 5) is 11.9. The van der Waals surface area contributed by atoms with Gasteiger partial charge in [0.25, 0.3) is 0 Å². The number of hydrogen-bond acceptors (Lipinski definition) is 8. The van der Waals surface area contributed by atoms with E-state index >= 15 is 0 Å². The summed E-state index contributed by atoms with van der Waals surface area (Å²) in [5.41, 5.74) is 1.19. The number of methoxy groups -OCH3 is 2. The number of nitrogens with one attached hydrogen (secondary N) is 1. The molecule has 1 aliphatic rings. The van der Waals surface area contributed by atoms with Crippen molar-refractivity contribution in [2.45, 2.75) is 57.3 Å². The average Bonchev–Trinajstić information content (AvgIpc) is 3.00. The Hall–Kier alpha value is -0.930. The van der Waals surface area contributed by atoms with Crippen molar-refractivity contribution >= 4 is 39.1 Å². The highest BCUT2D eigenvalue weighted by molar-refractivity contribution is 7.99. The van der Waals surface area contributed by atoms with Crippen LogP contribution in [0.5, 0.6) is 0 Å². The largest absolute Gasteiger partial charge is 0.369 e. The van der Waals surface area contributed by atoms with E-state index in [9.17, 15) is 0 Å². The molecule has 3 rings (SSSR count). The standard InChI is InChI=1S/C18H27N3O3S2/c1-6-18(3)8-11-12(10-24-18)26-16-14(11)15(19-9-13(22-4)23-5)20-17(21-16)25-7-2/h13H,6-10H2,1-5H3,(H,19,20,21)/t18-/m1/s1. The zero-order valence-corrected chi connectivity index (χ0v) is 17.7. The molecule has 0 saturated heterocycles. The third-order valence-corrected chi connectivity index (χ3v) is 6.63. The van der Waals surface area contributed by atoms with E-state index in [1.807, 2.05) is 0 Å². The van der Waals surface area contributed by atoms with Crippen molar-refractivity contribution in [3.63, 3.8) is 0 Å². The Morgan fingerprint density at radius 2 is 2.08 bits per heavy atom. The number of thioether (sulfide) groups is 1. The van der Waals surface area contributed by atoms with Gasteiger partial charge in [0.05, 0.1) is 24.1 Å². The summed E-state index contributed by atoms with van der Waals surface area (Å²) < 4.78 is 16.7. The van der Waals surface area contributed by atoms with Gasteiger partial charge in [0.2, 0.25) is 0 Å². The van der Waals surface area contributed by atoms with Crippen LogP contribution >= 0.6 is 23.1 Å². The van der Waals surface area contributed by atoms with Gasteiger partial charge in [-0.25, -0.2) is 9.97 Å². The first-order valence-corrected chi connectivity index (χ1v) is 10.7. The third kappa shape index (κ3) is 3.99. The van der Waals surface area contributed by atoms with Crippen LogP contribution in [0.4, 0.5) is 5.82 Å². The minimum atomic E-state index is -0.319. The van der Waals surface area contributed by atoms with Gasteiger partial charge in [-0.15, -0.1) is 11.3 Å². The normalized spacial score (nSPS) is 19.9. The zero-order valence-electron chi connectivity index (χ0n) is 16.0. The molecule has 6 nitrogen and oxygen atoms in total. The Bertz CT molecular complexity index is 764. The molecule has 0 bridgehead atoms. The molecule has 0 aromatic carbocycles. The van der Waals surface area contributed by atoms with Gasteiger partial charge in [0.1, 0.15) is 10.6 Å². The number of hydrogen-bond donors (Lipinski definition) is 1. The molecule has 0 spiro atoms. The first kappa shape index (κ1) is 19.8. The van der Waals surface area contributed by atoms with Crippen molar-refractivity contribution in [2.24, 2.45) is 0 Å². The Morgan fingerprint density at radius 3 is 2.73 bits per heavy atom. The highest BCUT2D eigenvalue weighted by Crippen LogP contribution is 2.42. The fourth-order valence-corrected chi connectivity index (χ4v) is 4.77. The molecule has 0 unspecified atom stereocenters. The highest BCUT2D eigenvalue weighted by Gasteiger charge is 2.33. The summed E-state index contributed by atoms with van der Waals surface area (Å²) >= 11 is 3.37. The van der Waals surface area contributed by atoms with Crippen LogP contribution in [0.3, 0.4) is 0 Å². The summed E-state index contributed by atoms with van der Waals surface area (Å²) in [5, 5.41) is 5.34. The molecule has 1 aliphatic heterocycles.